The second-order valence-corrected chi connectivity index (χ2v) is 7.23. The first-order chi connectivity index (χ1) is 15.5. The molecular weight excluding hydrogens is 410 g/mol. The van der Waals surface area contributed by atoms with Gasteiger partial charge in [-0.2, -0.15) is 9.61 Å². The van der Waals surface area contributed by atoms with E-state index >= 15 is 0 Å². The van der Waals surface area contributed by atoms with E-state index in [-0.39, 0.29) is 11.9 Å². The Hall–Kier alpha value is -4.08. The summed E-state index contributed by atoms with van der Waals surface area (Å²) in [4.78, 5) is 24.2. The van der Waals surface area contributed by atoms with Crippen LogP contribution in [0.25, 0.3) is 11.5 Å². The van der Waals surface area contributed by atoms with Crippen molar-refractivity contribution in [2.24, 2.45) is 0 Å². The van der Waals surface area contributed by atoms with E-state index in [1.807, 2.05) is 26.0 Å². The molecule has 1 aromatic carbocycles. The summed E-state index contributed by atoms with van der Waals surface area (Å²) >= 11 is 0. The van der Waals surface area contributed by atoms with E-state index in [2.05, 4.69) is 25.7 Å². The SMILES string of the molecule is CCOC(=O)c1ccc(NC(=O)CCc2c(C)nn(-c3ccc4nncn4n3)c2C)cc1. The van der Waals surface area contributed by atoms with Gasteiger partial charge in [-0.1, -0.05) is 0 Å². The van der Waals surface area contributed by atoms with Crippen LogP contribution < -0.4 is 5.32 Å². The number of anilines is 1. The number of aryl methyl sites for hydroxylation is 1. The van der Waals surface area contributed by atoms with Crippen LogP contribution in [0, 0.1) is 13.8 Å². The van der Waals surface area contributed by atoms with Gasteiger partial charge >= 0.3 is 5.97 Å². The number of fused-ring (bicyclic) bond motifs is 1. The summed E-state index contributed by atoms with van der Waals surface area (Å²) in [5.74, 6) is 0.144. The Morgan fingerprint density at radius 1 is 1.06 bits per heavy atom. The Morgan fingerprint density at radius 3 is 2.59 bits per heavy atom. The molecular formula is C22H23N7O3. The van der Waals surface area contributed by atoms with Gasteiger partial charge in [0.05, 0.1) is 17.9 Å². The highest BCUT2D eigenvalue weighted by Gasteiger charge is 2.16. The Morgan fingerprint density at radius 2 is 1.84 bits per heavy atom. The maximum Gasteiger partial charge on any atom is 0.338 e. The van der Waals surface area contributed by atoms with Crippen LogP contribution in [0.1, 0.15) is 40.7 Å². The highest BCUT2D eigenvalue weighted by molar-refractivity contribution is 5.93. The van der Waals surface area contributed by atoms with Crippen LogP contribution in [0.4, 0.5) is 5.69 Å². The van der Waals surface area contributed by atoms with E-state index in [1.54, 1.807) is 40.4 Å². The molecule has 0 aliphatic heterocycles. The molecule has 0 radical (unpaired) electrons. The lowest BCUT2D eigenvalue weighted by Gasteiger charge is -2.07. The molecule has 32 heavy (non-hydrogen) atoms. The topological polar surface area (TPSA) is 116 Å². The molecule has 0 saturated carbocycles. The lowest BCUT2D eigenvalue weighted by atomic mass is 10.1. The van der Waals surface area contributed by atoms with E-state index in [4.69, 9.17) is 4.74 Å². The second kappa shape index (κ2) is 8.96. The van der Waals surface area contributed by atoms with Gasteiger partial charge in [-0.15, -0.1) is 15.3 Å². The van der Waals surface area contributed by atoms with Gasteiger partial charge in [-0.25, -0.2) is 9.48 Å². The van der Waals surface area contributed by atoms with Crippen LogP contribution in [0.3, 0.4) is 0 Å². The minimum atomic E-state index is -0.383. The van der Waals surface area contributed by atoms with Gasteiger partial charge in [0.2, 0.25) is 5.91 Å². The van der Waals surface area contributed by atoms with Crippen molar-refractivity contribution in [2.45, 2.75) is 33.6 Å². The summed E-state index contributed by atoms with van der Waals surface area (Å²) in [6, 6.07) is 10.3. The molecule has 0 aliphatic carbocycles. The van der Waals surface area contributed by atoms with Crippen molar-refractivity contribution in [3.05, 3.63) is 65.2 Å². The molecule has 0 saturated heterocycles. The van der Waals surface area contributed by atoms with Crippen LogP contribution in [-0.2, 0) is 16.0 Å². The number of nitrogens with zero attached hydrogens (tertiary/aromatic N) is 6. The number of hydrogen-bond donors (Lipinski definition) is 1. The third-order valence-electron chi connectivity index (χ3n) is 5.09. The normalized spacial score (nSPS) is 11.0. The number of aromatic nitrogens is 6. The van der Waals surface area contributed by atoms with E-state index in [0.717, 1.165) is 17.0 Å². The van der Waals surface area contributed by atoms with Gasteiger partial charge in [0.1, 0.15) is 6.33 Å². The first kappa shape index (κ1) is 21.2. The van der Waals surface area contributed by atoms with Crippen molar-refractivity contribution < 1.29 is 14.3 Å². The highest BCUT2D eigenvalue weighted by Crippen LogP contribution is 2.19. The van der Waals surface area contributed by atoms with Gasteiger partial charge in [0, 0.05) is 17.8 Å². The Kier molecular flexibility index (Phi) is 5.93. The fourth-order valence-electron chi connectivity index (χ4n) is 3.46. The zero-order valence-electron chi connectivity index (χ0n) is 18.1. The molecule has 0 atom stereocenters. The maximum atomic E-state index is 12.5. The van der Waals surface area contributed by atoms with E-state index in [1.165, 1.54) is 6.33 Å². The zero-order valence-corrected chi connectivity index (χ0v) is 18.1. The van der Waals surface area contributed by atoms with Crippen LogP contribution in [0.5, 0.6) is 0 Å². The summed E-state index contributed by atoms with van der Waals surface area (Å²) in [6.45, 7) is 5.95. The predicted octanol–water partition coefficient (Wildman–Crippen LogP) is 2.67. The third-order valence-corrected chi connectivity index (χ3v) is 5.09. The Bertz CT molecular complexity index is 1270. The quantitative estimate of drug-likeness (QED) is 0.445. The molecule has 1 amide bonds. The first-order valence-corrected chi connectivity index (χ1v) is 10.3. The second-order valence-electron chi connectivity index (χ2n) is 7.23. The number of ether oxygens (including phenoxy) is 1. The minimum Gasteiger partial charge on any atom is -0.462 e. The number of amides is 1. The molecule has 3 aromatic heterocycles. The first-order valence-electron chi connectivity index (χ1n) is 10.3. The van der Waals surface area contributed by atoms with Crippen molar-refractivity contribution in [3.8, 4) is 5.82 Å². The summed E-state index contributed by atoms with van der Waals surface area (Å²) in [6.07, 6.45) is 2.37. The number of nitrogens with one attached hydrogen (secondary N) is 1. The minimum absolute atomic E-state index is 0.121. The summed E-state index contributed by atoms with van der Waals surface area (Å²) in [5, 5.41) is 19.7. The number of hydrogen-bond acceptors (Lipinski definition) is 7. The van der Waals surface area contributed by atoms with Gasteiger partial charge in [0.25, 0.3) is 0 Å². The molecule has 0 fully saturated rings. The monoisotopic (exact) mass is 433 g/mol. The maximum absolute atomic E-state index is 12.5. The van der Waals surface area contributed by atoms with Crippen molar-refractivity contribution in [3.63, 3.8) is 0 Å². The van der Waals surface area contributed by atoms with E-state index < -0.39 is 0 Å². The average Bonchev–Trinajstić information content (AvgIpc) is 3.36. The van der Waals surface area contributed by atoms with Crippen LogP contribution in [0.15, 0.2) is 42.7 Å². The van der Waals surface area contributed by atoms with Crippen molar-refractivity contribution in [1.82, 2.24) is 29.6 Å². The van der Waals surface area contributed by atoms with Crippen molar-refractivity contribution >= 4 is 23.2 Å². The Balaban J connectivity index is 1.41. The standard InChI is InChI=1S/C22H23N7O3/c1-4-32-22(31)16-5-7-17(8-6-16)24-21(30)12-9-18-14(2)26-29(15(18)3)20-11-10-19-25-23-13-28(19)27-20/h5-8,10-11,13H,4,9,12H2,1-3H3,(H,24,30). The van der Waals surface area contributed by atoms with Gasteiger partial charge < -0.3 is 10.1 Å². The van der Waals surface area contributed by atoms with E-state index in [0.29, 0.717) is 42.2 Å². The van der Waals surface area contributed by atoms with Gasteiger partial charge in [0.15, 0.2) is 11.5 Å². The predicted molar refractivity (Wildman–Crippen MR) is 117 cm³/mol. The number of rotatable bonds is 7. The summed E-state index contributed by atoms with van der Waals surface area (Å²) in [7, 11) is 0. The van der Waals surface area contributed by atoms with Crippen LogP contribution >= 0.6 is 0 Å². The zero-order chi connectivity index (χ0) is 22.7. The third kappa shape index (κ3) is 4.34. The molecule has 4 aromatic rings. The van der Waals surface area contributed by atoms with Crippen LogP contribution in [0.2, 0.25) is 0 Å². The average molecular weight is 433 g/mol. The van der Waals surface area contributed by atoms with Gasteiger partial charge in [-0.05, 0) is 69.2 Å². The molecule has 10 nitrogen and oxygen atoms in total. The number of esters is 1. The fourth-order valence-corrected chi connectivity index (χ4v) is 3.46. The van der Waals surface area contributed by atoms with Gasteiger partial charge in [-0.3, -0.25) is 4.79 Å². The molecule has 0 spiro atoms. The Labute approximate surface area is 184 Å². The molecule has 3 heterocycles. The highest BCUT2D eigenvalue weighted by atomic mass is 16.5. The lowest BCUT2D eigenvalue weighted by molar-refractivity contribution is -0.116. The van der Waals surface area contributed by atoms with E-state index in [9.17, 15) is 9.59 Å². The molecule has 4 rings (SSSR count). The molecule has 1 N–H and O–H groups in total. The lowest BCUT2D eigenvalue weighted by Crippen LogP contribution is -2.13. The summed E-state index contributed by atoms with van der Waals surface area (Å²) < 4.78 is 8.31. The van der Waals surface area contributed by atoms with Crippen molar-refractivity contribution in [2.75, 3.05) is 11.9 Å². The molecule has 0 bridgehead atoms. The fraction of sp³-hybridized carbons (Fsp3) is 0.273. The smallest absolute Gasteiger partial charge is 0.338 e. The molecule has 0 aliphatic rings. The largest absolute Gasteiger partial charge is 0.462 e. The number of carbonyl (C=O) groups is 2. The molecule has 0 unspecified atom stereocenters. The number of benzene rings is 1. The van der Waals surface area contributed by atoms with Crippen molar-refractivity contribution in [1.29, 1.82) is 0 Å². The van der Waals surface area contributed by atoms with Crippen LogP contribution in [-0.4, -0.2) is 48.1 Å². The molecule has 10 heteroatoms. The number of carbonyl (C=O) groups excluding carboxylic acids is 2. The molecule has 164 valence electrons. The summed E-state index contributed by atoms with van der Waals surface area (Å²) in [5.41, 5.74) is 4.50.